The predicted molar refractivity (Wildman–Crippen MR) is 91.0 cm³/mol. The van der Waals surface area contributed by atoms with Crippen LogP contribution in [-0.4, -0.2) is 17.2 Å². The van der Waals surface area contributed by atoms with E-state index in [1.807, 2.05) is 6.07 Å². The largest absolute Gasteiger partial charge is 0.490 e. The van der Waals surface area contributed by atoms with Crippen molar-refractivity contribution in [3.05, 3.63) is 29.8 Å². The van der Waals surface area contributed by atoms with Gasteiger partial charge in [0.05, 0.1) is 5.56 Å². The molecule has 2 aliphatic rings. The number of carboxylic acids is 1. The molecule has 2 aliphatic carbocycles. The molecule has 0 unspecified atom stereocenters. The number of rotatable bonds is 5. The maximum atomic E-state index is 11.2. The summed E-state index contributed by atoms with van der Waals surface area (Å²) in [6, 6.07) is 7.01. The molecule has 1 N–H and O–H groups in total. The van der Waals surface area contributed by atoms with Crippen molar-refractivity contribution in [2.24, 2.45) is 11.8 Å². The van der Waals surface area contributed by atoms with Crippen molar-refractivity contribution in [2.75, 3.05) is 0 Å². The van der Waals surface area contributed by atoms with Gasteiger partial charge < -0.3 is 9.84 Å². The molecule has 0 aromatic heterocycles. The third-order valence-corrected chi connectivity index (χ3v) is 5.58. The molecule has 0 aliphatic heterocycles. The van der Waals surface area contributed by atoms with Crippen LogP contribution in [0.15, 0.2) is 24.3 Å². The zero-order chi connectivity index (χ0) is 16.1. The maximum absolute atomic E-state index is 11.2. The zero-order valence-corrected chi connectivity index (χ0v) is 13.9. The Labute approximate surface area is 139 Å². The molecule has 3 heteroatoms. The van der Waals surface area contributed by atoms with Crippen LogP contribution < -0.4 is 4.74 Å². The van der Waals surface area contributed by atoms with Gasteiger partial charge in [-0.2, -0.15) is 0 Å². The summed E-state index contributed by atoms with van der Waals surface area (Å²) in [5.74, 6) is 1.12. The standard InChI is InChI=1S/C20H28O3/c21-20(22)17-12-7-13-18(14-17)23-19(15-8-3-1-4-9-15)16-10-5-2-6-11-16/h7,12-16,19H,1-6,8-11H2,(H,21,22). The summed E-state index contributed by atoms with van der Waals surface area (Å²) < 4.78 is 6.42. The van der Waals surface area contributed by atoms with E-state index in [1.165, 1.54) is 64.2 Å². The van der Waals surface area contributed by atoms with Gasteiger partial charge in [-0.3, -0.25) is 0 Å². The van der Waals surface area contributed by atoms with Crippen LogP contribution in [0.1, 0.15) is 74.6 Å². The Hall–Kier alpha value is -1.51. The molecule has 1 aromatic carbocycles. The summed E-state index contributed by atoms with van der Waals surface area (Å²) in [5, 5.41) is 9.19. The summed E-state index contributed by atoms with van der Waals surface area (Å²) >= 11 is 0. The molecule has 2 fully saturated rings. The van der Waals surface area contributed by atoms with Crippen LogP contribution in [0.2, 0.25) is 0 Å². The zero-order valence-electron chi connectivity index (χ0n) is 13.9. The molecule has 0 radical (unpaired) electrons. The highest BCUT2D eigenvalue weighted by molar-refractivity contribution is 5.87. The lowest BCUT2D eigenvalue weighted by atomic mass is 9.75. The van der Waals surface area contributed by atoms with Gasteiger partial charge in [-0.05, 0) is 55.7 Å². The van der Waals surface area contributed by atoms with Crippen LogP contribution in [0.3, 0.4) is 0 Å². The molecule has 2 saturated carbocycles. The average Bonchev–Trinajstić information content (AvgIpc) is 2.61. The minimum absolute atomic E-state index is 0.264. The van der Waals surface area contributed by atoms with Gasteiger partial charge in [-0.25, -0.2) is 4.79 Å². The van der Waals surface area contributed by atoms with Gasteiger partial charge >= 0.3 is 5.97 Å². The highest BCUT2D eigenvalue weighted by atomic mass is 16.5. The van der Waals surface area contributed by atoms with Crippen LogP contribution in [0.25, 0.3) is 0 Å². The monoisotopic (exact) mass is 316 g/mol. The van der Waals surface area contributed by atoms with Crippen molar-refractivity contribution < 1.29 is 14.6 Å². The highest BCUT2D eigenvalue weighted by Crippen LogP contribution is 2.38. The van der Waals surface area contributed by atoms with E-state index in [9.17, 15) is 9.90 Å². The number of hydrogen-bond donors (Lipinski definition) is 1. The molecule has 1 aromatic rings. The molecule has 23 heavy (non-hydrogen) atoms. The predicted octanol–water partition coefficient (Wildman–Crippen LogP) is 5.29. The van der Waals surface area contributed by atoms with Crippen molar-refractivity contribution in [1.82, 2.24) is 0 Å². The number of carbonyl (C=O) groups is 1. The number of aromatic carboxylic acids is 1. The fraction of sp³-hybridized carbons (Fsp3) is 0.650. The van der Waals surface area contributed by atoms with E-state index in [1.54, 1.807) is 18.2 Å². The van der Waals surface area contributed by atoms with E-state index in [4.69, 9.17) is 4.74 Å². The van der Waals surface area contributed by atoms with Crippen LogP contribution >= 0.6 is 0 Å². The highest BCUT2D eigenvalue weighted by Gasteiger charge is 2.33. The Morgan fingerprint density at radius 3 is 2.04 bits per heavy atom. The molecular formula is C20H28O3. The third kappa shape index (κ3) is 4.27. The first kappa shape index (κ1) is 16.4. The third-order valence-electron chi connectivity index (χ3n) is 5.58. The van der Waals surface area contributed by atoms with E-state index < -0.39 is 5.97 Å². The van der Waals surface area contributed by atoms with Crippen LogP contribution in [0.5, 0.6) is 5.75 Å². The van der Waals surface area contributed by atoms with Crippen LogP contribution in [0.4, 0.5) is 0 Å². The summed E-state index contributed by atoms with van der Waals surface area (Å²) in [5.41, 5.74) is 0.313. The van der Waals surface area contributed by atoms with Gasteiger partial charge in [-0.15, -0.1) is 0 Å². The minimum Gasteiger partial charge on any atom is -0.490 e. The number of ether oxygens (including phenoxy) is 1. The lowest BCUT2D eigenvalue weighted by Crippen LogP contribution is -2.37. The Bertz CT molecular complexity index is 495. The van der Waals surface area contributed by atoms with Gasteiger partial charge in [0.2, 0.25) is 0 Å². The van der Waals surface area contributed by atoms with Gasteiger partial charge in [0, 0.05) is 0 Å². The molecular weight excluding hydrogens is 288 g/mol. The number of benzene rings is 1. The van der Waals surface area contributed by atoms with Gasteiger partial charge in [0.1, 0.15) is 11.9 Å². The summed E-state index contributed by atoms with van der Waals surface area (Å²) in [7, 11) is 0. The molecule has 0 heterocycles. The second kappa shape index (κ2) is 7.85. The summed E-state index contributed by atoms with van der Waals surface area (Å²) in [6.45, 7) is 0. The second-order valence-electron chi connectivity index (χ2n) is 7.21. The fourth-order valence-electron chi connectivity index (χ4n) is 4.36. The second-order valence-corrected chi connectivity index (χ2v) is 7.21. The average molecular weight is 316 g/mol. The van der Waals surface area contributed by atoms with Gasteiger partial charge in [0.25, 0.3) is 0 Å². The fourth-order valence-corrected chi connectivity index (χ4v) is 4.36. The van der Waals surface area contributed by atoms with Crippen molar-refractivity contribution in [2.45, 2.75) is 70.3 Å². The van der Waals surface area contributed by atoms with E-state index in [0.29, 0.717) is 17.4 Å². The lowest BCUT2D eigenvalue weighted by Gasteiger charge is -2.37. The Balaban J connectivity index is 1.76. The molecule has 0 saturated heterocycles. The molecule has 0 spiro atoms. The molecule has 3 nitrogen and oxygen atoms in total. The molecule has 0 amide bonds. The molecule has 126 valence electrons. The normalized spacial score (nSPS) is 20.6. The maximum Gasteiger partial charge on any atom is 0.335 e. The Kier molecular flexibility index (Phi) is 5.58. The number of carboxylic acid groups (broad SMARTS) is 1. The smallest absolute Gasteiger partial charge is 0.335 e. The molecule has 0 atom stereocenters. The van der Waals surface area contributed by atoms with Gasteiger partial charge in [-0.1, -0.05) is 44.6 Å². The van der Waals surface area contributed by atoms with E-state index in [-0.39, 0.29) is 6.10 Å². The summed E-state index contributed by atoms with van der Waals surface area (Å²) in [4.78, 5) is 11.2. The lowest BCUT2D eigenvalue weighted by molar-refractivity contribution is 0.0388. The number of hydrogen-bond acceptors (Lipinski definition) is 2. The van der Waals surface area contributed by atoms with Crippen molar-refractivity contribution >= 4 is 5.97 Å². The minimum atomic E-state index is -0.887. The first-order valence-corrected chi connectivity index (χ1v) is 9.24. The van der Waals surface area contributed by atoms with Crippen molar-refractivity contribution in [1.29, 1.82) is 0 Å². The van der Waals surface area contributed by atoms with E-state index in [0.717, 1.165) is 5.75 Å². The first-order valence-electron chi connectivity index (χ1n) is 9.24. The first-order chi connectivity index (χ1) is 11.2. The molecule has 3 rings (SSSR count). The van der Waals surface area contributed by atoms with E-state index in [2.05, 4.69) is 0 Å². The van der Waals surface area contributed by atoms with E-state index >= 15 is 0 Å². The van der Waals surface area contributed by atoms with Crippen LogP contribution in [0, 0.1) is 11.8 Å². The SMILES string of the molecule is O=C(O)c1cccc(OC(C2CCCCC2)C2CCCCC2)c1. The Morgan fingerprint density at radius 2 is 1.52 bits per heavy atom. The molecule has 0 bridgehead atoms. The summed E-state index contributed by atoms with van der Waals surface area (Å²) in [6.07, 6.45) is 13.3. The van der Waals surface area contributed by atoms with Crippen molar-refractivity contribution in [3.8, 4) is 5.75 Å². The van der Waals surface area contributed by atoms with Crippen LogP contribution in [-0.2, 0) is 0 Å². The quantitative estimate of drug-likeness (QED) is 0.802. The van der Waals surface area contributed by atoms with Crippen molar-refractivity contribution in [3.63, 3.8) is 0 Å². The topological polar surface area (TPSA) is 46.5 Å². The Morgan fingerprint density at radius 1 is 0.957 bits per heavy atom. The van der Waals surface area contributed by atoms with Gasteiger partial charge in [0.15, 0.2) is 0 Å².